The summed E-state index contributed by atoms with van der Waals surface area (Å²) < 4.78 is 5.29. The monoisotopic (exact) mass is 280 g/mol. The van der Waals surface area contributed by atoms with Crippen LogP contribution in [0.2, 0.25) is 0 Å². The molecule has 0 aromatic heterocycles. The van der Waals surface area contributed by atoms with Crippen LogP contribution >= 0.6 is 0 Å². The highest BCUT2D eigenvalue weighted by Gasteiger charge is 2.30. The van der Waals surface area contributed by atoms with Gasteiger partial charge in [-0.15, -0.1) is 0 Å². The van der Waals surface area contributed by atoms with Crippen LogP contribution in [-0.2, 0) is 4.74 Å². The van der Waals surface area contributed by atoms with Crippen LogP contribution in [0.25, 0.3) is 11.1 Å². The summed E-state index contributed by atoms with van der Waals surface area (Å²) in [4.78, 5) is 24.6. The molecule has 21 heavy (non-hydrogen) atoms. The summed E-state index contributed by atoms with van der Waals surface area (Å²) in [6.45, 7) is 2.46. The molecule has 2 aromatic carbocycles. The van der Waals surface area contributed by atoms with Crippen molar-refractivity contribution in [2.45, 2.75) is 19.8 Å². The van der Waals surface area contributed by atoms with Gasteiger partial charge in [-0.05, 0) is 18.1 Å². The fourth-order valence-corrected chi connectivity index (χ4v) is 2.63. The minimum atomic E-state index is -0.357. The average Bonchev–Trinajstić information content (AvgIpc) is 2.81. The summed E-state index contributed by atoms with van der Waals surface area (Å²) in [5, 5.41) is 0. The second-order valence-corrected chi connectivity index (χ2v) is 5.09. The molecule has 0 amide bonds. The molecule has 0 saturated heterocycles. The first-order valence-corrected chi connectivity index (χ1v) is 7.18. The van der Waals surface area contributed by atoms with Gasteiger partial charge in [0.05, 0.1) is 12.2 Å². The van der Waals surface area contributed by atoms with Gasteiger partial charge in [-0.2, -0.15) is 0 Å². The summed E-state index contributed by atoms with van der Waals surface area (Å²) in [5.41, 5.74) is 3.24. The highest BCUT2D eigenvalue weighted by molar-refractivity contribution is 6.24. The van der Waals surface area contributed by atoms with E-state index in [9.17, 15) is 9.59 Å². The highest BCUT2D eigenvalue weighted by atomic mass is 16.5. The van der Waals surface area contributed by atoms with Crippen LogP contribution in [0.1, 0.15) is 46.0 Å². The van der Waals surface area contributed by atoms with Crippen molar-refractivity contribution in [2.75, 3.05) is 6.61 Å². The lowest BCUT2D eigenvalue weighted by Crippen LogP contribution is -2.08. The Morgan fingerprint density at radius 2 is 1.71 bits per heavy atom. The molecule has 0 unspecified atom stereocenters. The highest BCUT2D eigenvalue weighted by Crippen LogP contribution is 2.38. The maximum absolute atomic E-state index is 12.4. The first-order chi connectivity index (χ1) is 10.2. The molecule has 0 saturated carbocycles. The number of unbranched alkanes of at least 4 members (excludes halogenated alkanes) is 1. The van der Waals surface area contributed by atoms with E-state index in [0.29, 0.717) is 28.9 Å². The zero-order chi connectivity index (χ0) is 14.8. The quantitative estimate of drug-likeness (QED) is 0.538. The SMILES string of the molecule is CCCCOC(=O)c1cccc2c1-c1ccccc1C2=O. The summed E-state index contributed by atoms with van der Waals surface area (Å²) in [6, 6.07) is 12.6. The van der Waals surface area contributed by atoms with Gasteiger partial charge in [0.15, 0.2) is 5.78 Å². The molecule has 0 heterocycles. The van der Waals surface area contributed by atoms with E-state index < -0.39 is 0 Å². The van der Waals surface area contributed by atoms with Crippen LogP contribution in [0, 0.1) is 0 Å². The Morgan fingerprint density at radius 3 is 2.48 bits per heavy atom. The standard InChI is InChI=1S/C18H16O3/c1-2-3-11-21-18(20)15-10-6-9-14-16(15)12-7-4-5-8-13(12)17(14)19/h4-10H,2-3,11H2,1H3. The van der Waals surface area contributed by atoms with E-state index in [1.54, 1.807) is 24.3 Å². The number of hydrogen-bond acceptors (Lipinski definition) is 3. The third-order valence-electron chi connectivity index (χ3n) is 3.70. The van der Waals surface area contributed by atoms with Crippen LogP contribution in [0.15, 0.2) is 42.5 Å². The number of ether oxygens (including phenoxy) is 1. The number of esters is 1. The van der Waals surface area contributed by atoms with Crippen LogP contribution in [0.5, 0.6) is 0 Å². The lowest BCUT2D eigenvalue weighted by atomic mass is 9.99. The summed E-state index contributed by atoms with van der Waals surface area (Å²) in [6.07, 6.45) is 1.82. The van der Waals surface area contributed by atoms with Crippen molar-refractivity contribution in [3.8, 4) is 11.1 Å². The zero-order valence-electron chi connectivity index (χ0n) is 11.9. The van der Waals surface area contributed by atoms with Crippen LogP contribution in [-0.4, -0.2) is 18.4 Å². The molecular weight excluding hydrogens is 264 g/mol. The maximum atomic E-state index is 12.4. The molecule has 0 atom stereocenters. The lowest BCUT2D eigenvalue weighted by molar-refractivity contribution is 0.0500. The molecule has 2 aromatic rings. The van der Waals surface area contributed by atoms with Crippen LogP contribution < -0.4 is 0 Å². The van der Waals surface area contributed by atoms with E-state index in [-0.39, 0.29) is 11.8 Å². The second-order valence-electron chi connectivity index (χ2n) is 5.09. The van der Waals surface area contributed by atoms with Gasteiger partial charge in [-0.25, -0.2) is 4.79 Å². The van der Waals surface area contributed by atoms with E-state index in [2.05, 4.69) is 0 Å². The van der Waals surface area contributed by atoms with E-state index >= 15 is 0 Å². The largest absolute Gasteiger partial charge is 0.462 e. The Labute approximate surface area is 123 Å². The second kappa shape index (κ2) is 5.52. The van der Waals surface area contributed by atoms with Crippen molar-refractivity contribution >= 4 is 11.8 Å². The number of carbonyl (C=O) groups excluding carboxylic acids is 2. The molecule has 3 rings (SSSR count). The first kappa shape index (κ1) is 13.6. The Hall–Kier alpha value is -2.42. The predicted octanol–water partition coefficient (Wildman–Crippen LogP) is 3.85. The van der Waals surface area contributed by atoms with Crippen molar-refractivity contribution in [3.63, 3.8) is 0 Å². The Morgan fingerprint density at radius 1 is 1.00 bits per heavy atom. The number of ketones is 1. The Balaban J connectivity index is 2.04. The van der Waals surface area contributed by atoms with Crippen molar-refractivity contribution in [2.24, 2.45) is 0 Å². The third kappa shape index (κ3) is 2.25. The number of carbonyl (C=O) groups is 2. The van der Waals surface area contributed by atoms with Gasteiger partial charge in [-0.3, -0.25) is 4.79 Å². The zero-order valence-corrected chi connectivity index (χ0v) is 11.9. The molecule has 1 aliphatic carbocycles. The van der Waals surface area contributed by atoms with Crippen molar-refractivity contribution < 1.29 is 14.3 Å². The van der Waals surface area contributed by atoms with Gasteiger partial charge >= 0.3 is 5.97 Å². The molecule has 0 fully saturated rings. The molecule has 0 spiro atoms. The topological polar surface area (TPSA) is 43.4 Å². The van der Waals surface area contributed by atoms with Gasteiger partial charge in [0, 0.05) is 16.7 Å². The number of rotatable bonds is 4. The minimum Gasteiger partial charge on any atom is -0.462 e. The molecule has 0 N–H and O–H groups in total. The number of benzene rings is 2. The van der Waals surface area contributed by atoms with Crippen molar-refractivity contribution in [1.29, 1.82) is 0 Å². The summed E-state index contributed by atoms with van der Waals surface area (Å²) in [7, 11) is 0. The van der Waals surface area contributed by atoms with E-state index in [4.69, 9.17) is 4.74 Å². The molecule has 0 bridgehead atoms. The van der Waals surface area contributed by atoms with Crippen LogP contribution in [0.3, 0.4) is 0 Å². The first-order valence-electron chi connectivity index (χ1n) is 7.18. The Bertz CT molecular complexity index is 716. The smallest absolute Gasteiger partial charge is 0.338 e. The molecule has 3 heteroatoms. The number of hydrogen-bond donors (Lipinski definition) is 0. The van der Waals surface area contributed by atoms with Crippen molar-refractivity contribution in [3.05, 3.63) is 59.2 Å². The minimum absolute atomic E-state index is 0.0243. The predicted molar refractivity (Wildman–Crippen MR) is 80.5 cm³/mol. The third-order valence-corrected chi connectivity index (χ3v) is 3.70. The van der Waals surface area contributed by atoms with Gasteiger partial charge in [-0.1, -0.05) is 49.7 Å². The molecule has 106 valence electrons. The molecule has 0 aliphatic heterocycles. The van der Waals surface area contributed by atoms with Gasteiger partial charge in [0.2, 0.25) is 0 Å². The fourth-order valence-electron chi connectivity index (χ4n) is 2.63. The van der Waals surface area contributed by atoms with Gasteiger partial charge in [0.1, 0.15) is 0 Å². The average molecular weight is 280 g/mol. The normalized spacial score (nSPS) is 12.0. The molecule has 3 nitrogen and oxygen atoms in total. The molecular formula is C18H16O3. The fraction of sp³-hybridized carbons (Fsp3) is 0.222. The summed E-state index contributed by atoms with van der Waals surface area (Å²) >= 11 is 0. The van der Waals surface area contributed by atoms with Gasteiger partial charge in [0.25, 0.3) is 0 Å². The maximum Gasteiger partial charge on any atom is 0.338 e. The van der Waals surface area contributed by atoms with E-state index in [0.717, 1.165) is 18.4 Å². The van der Waals surface area contributed by atoms with Crippen LogP contribution in [0.4, 0.5) is 0 Å². The molecule has 0 radical (unpaired) electrons. The van der Waals surface area contributed by atoms with E-state index in [1.165, 1.54) is 0 Å². The lowest BCUT2D eigenvalue weighted by Gasteiger charge is -2.08. The van der Waals surface area contributed by atoms with E-state index in [1.807, 2.05) is 25.1 Å². The summed E-state index contributed by atoms with van der Waals surface area (Å²) in [5.74, 6) is -0.381. The number of fused-ring (bicyclic) bond motifs is 3. The Kier molecular flexibility index (Phi) is 3.57. The van der Waals surface area contributed by atoms with Gasteiger partial charge < -0.3 is 4.74 Å². The molecule has 1 aliphatic rings. The van der Waals surface area contributed by atoms with Crippen molar-refractivity contribution in [1.82, 2.24) is 0 Å².